The Hall–Kier alpha value is -1.55. The van der Waals surface area contributed by atoms with E-state index < -0.39 is 0 Å². The van der Waals surface area contributed by atoms with Gasteiger partial charge >= 0.3 is 0 Å². The van der Waals surface area contributed by atoms with E-state index in [-0.39, 0.29) is 5.91 Å². The zero-order valence-corrected chi connectivity index (χ0v) is 10.4. The molecule has 4 nitrogen and oxygen atoms in total. The topological polar surface area (TPSA) is 38.8 Å². The Labute approximate surface area is 101 Å². The summed E-state index contributed by atoms with van der Waals surface area (Å²) in [6, 6.07) is 5.54. The Morgan fingerprint density at radius 2 is 2.06 bits per heavy atom. The van der Waals surface area contributed by atoms with Gasteiger partial charge in [0, 0.05) is 12.6 Å². The molecule has 1 fully saturated rings. The average Bonchev–Trinajstić information content (AvgIpc) is 3.10. The highest BCUT2D eigenvalue weighted by atomic mass is 16.7. The quantitative estimate of drug-likeness (QED) is 0.751. The molecule has 0 aromatic heterocycles. The molecule has 1 aliphatic rings. The second kappa shape index (κ2) is 4.75. The monoisotopic (exact) mass is 235 g/mol. The maximum Gasteiger partial charge on any atom is 0.277 e. The maximum absolute atomic E-state index is 11.9. The van der Waals surface area contributed by atoms with Gasteiger partial charge in [-0.2, -0.15) is 0 Å². The van der Waals surface area contributed by atoms with Gasteiger partial charge in [-0.1, -0.05) is 0 Å². The summed E-state index contributed by atoms with van der Waals surface area (Å²) in [5.74, 6) is 0.595. The van der Waals surface area contributed by atoms with E-state index in [2.05, 4.69) is 0 Å². The minimum Gasteiger partial charge on any atom is -0.490 e. The van der Waals surface area contributed by atoms with Crippen LogP contribution in [0.2, 0.25) is 0 Å². The Morgan fingerprint density at radius 3 is 2.65 bits per heavy atom. The molecular weight excluding hydrogens is 218 g/mol. The number of carbonyl (C=O) groups excluding carboxylic acids is 1. The number of aryl methyl sites for hydroxylation is 1. The van der Waals surface area contributed by atoms with Gasteiger partial charge in [0.25, 0.3) is 5.91 Å². The Morgan fingerprint density at radius 1 is 1.35 bits per heavy atom. The van der Waals surface area contributed by atoms with Crippen LogP contribution in [-0.4, -0.2) is 31.2 Å². The maximum atomic E-state index is 11.9. The van der Waals surface area contributed by atoms with E-state index in [1.54, 1.807) is 13.1 Å². The summed E-state index contributed by atoms with van der Waals surface area (Å²) in [5.41, 5.74) is 1.60. The fourth-order valence-corrected chi connectivity index (χ4v) is 1.58. The van der Waals surface area contributed by atoms with Crippen molar-refractivity contribution >= 4 is 5.91 Å². The van der Waals surface area contributed by atoms with Gasteiger partial charge < -0.3 is 4.74 Å². The average molecular weight is 235 g/mol. The fraction of sp³-hybridized carbons (Fsp3) is 0.462. The Balaban J connectivity index is 2.20. The smallest absolute Gasteiger partial charge is 0.277 e. The van der Waals surface area contributed by atoms with Gasteiger partial charge in [-0.15, -0.1) is 0 Å². The van der Waals surface area contributed by atoms with Crippen molar-refractivity contribution in [1.82, 2.24) is 5.06 Å². The zero-order valence-electron chi connectivity index (χ0n) is 10.4. The molecule has 0 bridgehead atoms. The molecule has 0 spiro atoms. The summed E-state index contributed by atoms with van der Waals surface area (Å²) >= 11 is 0. The van der Waals surface area contributed by atoms with Crippen LogP contribution in [-0.2, 0) is 4.84 Å². The van der Waals surface area contributed by atoms with Gasteiger partial charge in [0.15, 0.2) is 0 Å². The summed E-state index contributed by atoms with van der Waals surface area (Å²) in [4.78, 5) is 16.8. The van der Waals surface area contributed by atoms with Crippen LogP contribution < -0.4 is 4.74 Å². The van der Waals surface area contributed by atoms with Gasteiger partial charge in [-0.25, -0.2) is 5.06 Å². The van der Waals surface area contributed by atoms with E-state index in [9.17, 15) is 4.79 Å². The minimum atomic E-state index is -0.170. The number of nitrogens with zero attached hydrogens (tertiary/aromatic N) is 1. The van der Waals surface area contributed by atoms with Gasteiger partial charge in [0.05, 0.1) is 13.2 Å². The van der Waals surface area contributed by atoms with E-state index in [0.717, 1.165) is 24.2 Å². The van der Waals surface area contributed by atoms with Crippen LogP contribution in [0.15, 0.2) is 18.2 Å². The Bertz CT molecular complexity index is 427. The van der Waals surface area contributed by atoms with Crippen molar-refractivity contribution in [2.45, 2.75) is 25.9 Å². The summed E-state index contributed by atoms with van der Waals surface area (Å²) in [7, 11) is 3.06. The number of ether oxygens (including phenoxy) is 1. The van der Waals surface area contributed by atoms with E-state index in [0.29, 0.717) is 11.7 Å². The molecule has 0 heterocycles. The van der Waals surface area contributed by atoms with E-state index in [4.69, 9.17) is 9.57 Å². The number of carbonyl (C=O) groups is 1. The predicted molar refractivity (Wildman–Crippen MR) is 63.9 cm³/mol. The van der Waals surface area contributed by atoms with Crippen LogP contribution in [0.3, 0.4) is 0 Å². The summed E-state index contributed by atoms with van der Waals surface area (Å²) < 4.78 is 5.70. The van der Waals surface area contributed by atoms with E-state index >= 15 is 0 Å². The van der Waals surface area contributed by atoms with Crippen molar-refractivity contribution in [3.05, 3.63) is 29.3 Å². The molecule has 0 aliphatic heterocycles. The first-order valence-electron chi connectivity index (χ1n) is 5.70. The second-order valence-corrected chi connectivity index (χ2v) is 4.34. The Kier molecular flexibility index (Phi) is 3.33. The van der Waals surface area contributed by atoms with Gasteiger partial charge in [-0.3, -0.25) is 9.63 Å². The van der Waals surface area contributed by atoms with Crippen LogP contribution in [0.25, 0.3) is 0 Å². The molecule has 0 atom stereocenters. The SMILES string of the molecule is CON(C)C(=O)c1cc(C)cc(OC2CC2)c1. The zero-order chi connectivity index (χ0) is 12.4. The van der Waals surface area contributed by atoms with Crippen molar-refractivity contribution in [1.29, 1.82) is 0 Å². The van der Waals surface area contributed by atoms with Gasteiger partial charge in [-0.05, 0) is 43.5 Å². The molecule has 1 aliphatic carbocycles. The molecule has 1 aromatic carbocycles. The number of amides is 1. The molecule has 17 heavy (non-hydrogen) atoms. The molecule has 4 heteroatoms. The lowest BCUT2D eigenvalue weighted by molar-refractivity contribution is -0.0757. The van der Waals surface area contributed by atoms with E-state index in [1.807, 2.05) is 19.1 Å². The first-order valence-corrected chi connectivity index (χ1v) is 5.70. The van der Waals surface area contributed by atoms with Crippen molar-refractivity contribution in [2.24, 2.45) is 0 Å². The molecule has 1 aromatic rings. The van der Waals surface area contributed by atoms with Gasteiger partial charge in [0.1, 0.15) is 5.75 Å². The molecule has 0 N–H and O–H groups in total. The largest absolute Gasteiger partial charge is 0.490 e. The number of benzene rings is 1. The fourth-order valence-electron chi connectivity index (χ4n) is 1.58. The van der Waals surface area contributed by atoms with Crippen LogP contribution in [0.4, 0.5) is 0 Å². The molecule has 0 saturated heterocycles. The highest BCUT2D eigenvalue weighted by molar-refractivity contribution is 5.94. The lowest BCUT2D eigenvalue weighted by Crippen LogP contribution is -2.25. The normalized spacial score (nSPS) is 14.5. The number of rotatable bonds is 4. The third-order valence-electron chi connectivity index (χ3n) is 2.68. The standard InChI is InChI=1S/C13H17NO3/c1-9-6-10(13(15)14(2)16-3)8-12(7-9)17-11-4-5-11/h6-8,11H,4-5H2,1-3H3. The molecule has 0 unspecified atom stereocenters. The molecule has 1 saturated carbocycles. The van der Waals surface area contributed by atoms with Crippen LogP contribution in [0, 0.1) is 6.92 Å². The lowest BCUT2D eigenvalue weighted by atomic mass is 10.1. The second-order valence-electron chi connectivity index (χ2n) is 4.34. The lowest BCUT2D eigenvalue weighted by Gasteiger charge is -2.15. The van der Waals surface area contributed by atoms with Crippen molar-refractivity contribution in [2.75, 3.05) is 14.2 Å². The first kappa shape index (κ1) is 11.9. The minimum absolute atomic E-state index is 0.170. The molecule has 0 radical (unpaired) electrons. The van der Waals surface area contributed by atoms with Crippen molar-refractivity contribution < 1.29 is 14.4 Å². The highest BCUT2D eigenvalue weighted by Gasteiger charge is 2.24. The van der Waals surface area contributed by atoms with Crippen molar-refractivity contribution in [3.63, 3.8) is 0 Å². The molecule has 92 valence electrons. The number of hydroxylamine groups is 2. The van der Waals surface area contributed by atoms with E-state index in [1.165, 1.54) is 12.2 Å². The predicted octanol–water partition coefficient (Wildman–Crippen LogP) is 2.17. The summed E-state index contributed by atoms with van der Waals surface area (Å²) in [5, 5.41) is 1.20. The van der Waals surface area contributed by atoms with Gasteiger partial charge in [0.2, 0.25) is 0 Å². The number of hydrogen-bond donors (Lipinski definition) is 0. The van der Waals surface area contributed by atoms with Crippen LogP contribution in [0.1, 0.15) is 28.8 Å². The first-order chi connectivity index (χ1) is 8.10. The summed E-state index contributed by atoms with van der Waals surface area (Å²) in [6.07, 6.45) is 2.55. The third-order valence-corrected chi connectivity index (χ3v) is 2.68. The molecule has 1 amide bonds. The highest BCUT2D eigenvalue weighted by Crippen LogP contribution is 2.28. The molecule has 2 rings (SSSR count). The van der Waals surface area contributed by atoms with Crippen molar-refractivity contribution in [3.8, 4) is 5.75 Å². The molecular formula is C13H17NO3. The number of hydrogen-bond acceptors (Lipinski definition) is 3. The van der Waals surface area contributed by atoms with Crippen LogP contribution >= 0.6 is 0 Å². The van der Waals surface area contributed by atoms with Crippen LogP contribution in [0.5, 0.6) is 5.75 Å². The summed E-state index contributed by atoms with van der Waals surface area (Å²) in [6.45, 7) is 1.95. The third kappa shape index (κ3) is 2.97.